The molecule has 0 spiro atoms. The van der Waals surface area contributed by atoms with Gasteiger partial charge in [-0.05, 0) is 92.3 Å². The topological polar surface area (TPSA) is 23.8 Å². The lowest BCUT2D eigenvalue weighted by atomic mass is 9.44. The molecule has 4 aliphatic rings. The van der Waals surface area contributed by atoms with Gasteiger partial charge in [0.15, 0.2) is 0 Å². The molecule has 7 atom stereocenters. The molecule has 0 bridgehead atoms. The van der Waals surface area contributed by atoms with E-state index in [4.69, 9.17) is 0 Å². The lowest BCUT2D eigenvalue weighted by Gasteiger charge is -2.60. The van der Waals surface area contributed by atoms with Crippen molar-refractivity contribution in [1.82, 2.24) is 0 Å². The first kappa shape index (κ1) is 14.1. The van der Waals surface area contributed by atoms with Gasteiger partial charge in [0.05, 0.1) is 6.07 Å². The predicted molar refractivity (Wildman–Crippen MR) is 85.4 cm³/mol. The molecule has 116 valence electrons. The molecule has 0 radical (unpaired) electrons. The first-order valence-corrected chi connectivity index (χ1v) is 9.46. The lowest BCUT2D eigenvalue weighted by molar-refractivity contribution is -0.109. The van der Waals surface area contributed by atoms with Crippen molar-refractivity contribution in [2.24, 2.45) is 40.4 Å². The largest absolute Gasteiger partial charge is 0.198 e. The van der Waals surface area contributed by atoms with Crippen molar-refractivity contribution >= 4 is 0 Å². The van der Waals surface area contributed by atoms with Crippen LogP contribution in [0.1, 0.15) is 78.1 Å². The van der Waals surface area contributed by atoms with Crippen LogP contribution < -0.4 is 0 Å². The maximum Gasteiger partial charge on any atom is 0.0655 e. The fourth-order valence-electron chi connectivity index (χ4n) is 7.47. The van der Waals surface area contributed by atoms with Crippen molar-refractivity contribution in [2.75, 3.05) is 0 Å². The average Bonchev–Trinajstić information content (AvgIpc) is 2.87. The Morgan fingerprint density at radius 2 is 1.71 bits per heavy atom. The minimum absolute atomic E-state index is 0.349. The normalized spacial score (nSPS) is 56.0. The van der Waals surface area contributed by atoms with Gasteiger partial charge in [0.2, 0.25) is 0 Å². The van der Waals surface area contributed by atoms with Crippen LogP contribution in [0.15, 0.2) is 0 Å². The molecule has 2 unspecified atom stereocenters. The number of fused-ring (bicyclic) bond motifs is 5. The highest BCUT2D eigenvalue weighted by Gasteiger charge is 2.57. The quantitative estimate of drug-likeness (QED) is 0.571. The summed E-state index contributed by atoms with van der Waals surface area (Å²) in [5.41, 5.74) is 1.17. The smallest absolute Gasteiger partial charge is 0.0655 e. The van der Waals surface area contributed by atoms with Crippen molar-refractivity contribution in [3.8, 4) is 6.07 Å². The van der Waals surface area contributed by atoms with Gasteiger partial charge >= 0.3 is 0 Å². The predicted octanol–water partition coefficient (Wildman–Crippen LogP) is 5.56. The van der Waals surface area contributed by atoms with E-state index < -0.39 is 0 Å². The zero-order valence-corrected chi connectivity index (χ0v) is 13.9. The van der Waals surface area contributed by atoms with E-state index in [9.17, 15) is 5.26 Å². The molecule has 0 amide bonds. The van der Waals surface area contributed by atoms with Crippen molar-refractivity contribution < 1.29 is 0 Å². The summed E-state index contributed by atoms with van der Waals surface area (Å²) in [7, 11) is 0. The molecular weight excluding hydrogens is 254 g/mol. The summed E-state index contributed by atoms with van der Waals surface area (Å²) in [5.74, 6) is 4.21. The Balaban J connectivity index is 1.64. The van der Waals surface area contributed by atoms with Crippen molar-refractivity contribution in [3.63, 3.8) is 0 Å². The Bertz CT molecular complexity index is 463. The molecule has 4 aliphatic carbocycles. The van der Waals surface area contributed by atoms with E-state index in [-0.39, 0.29) is 0 Å². The molecule has 1 nitrogen and oxygen atoms in total. The van der Waals surface area contributed by atoms with Crippen LogP contribution in [0.25, 0.3) is 0 Å². The van der Waals surface area contributed by atoms with E-state index in [1.165, 1.54) is 64.2 Å². The molecule has 0 N–H and O–H groups in total. The summed E-state index contributed by atoms with van der Waals surface area (Å²) in [6.45, 7) is 5.17. The zero-order valence-electron chi connectivity index (χ0n) is 13.9. The van der Waals surface area contributed by atoms with Gasteiger partial charge in [0.25, 0.3) is 0 Å². The van der Waals surface area contributed by atoms with Gasteiger partial charge in [0.1, 0.15) is 0 Å². The molecule has 0 heterocycles. The van der Waals surface area contributed by atoms with Gasteiger partial charge in [-0.15, -0.1) is 0 Å². The second-order valence-corrected chi connectivity index (χ2v) is 9.35. The zero-order chi connectivity index (χ0) is 14.7. The molecular formula is C20H31N. The molecule has 4 saturated carbocycles. The van der Waals surface area contributed by atoms with Crippen molar-refractivity contribution in [2.45, 2.75) is 78.1 Å². The molecule has 0 aromatic rings. The van der Waals surface area contributed by atoms with E-state index in [2.05, 4.69) is 19.9 Å². The van der Waals surface area contributed by atoms with Crippen LogP contribution in [-0.2, 0) is 0 Å². The summed E-state index contributed by atoms with van der Waals surface area (Å²) in [4.78, 5) is 0. The Kier molecular flexibility index (Phi) is 3.18. The molecule has 4 rings (SSSR count). The SMILES string of the molecule is C[C@@]12CCC[C@H]1[C@@H]1CCC3CCC(C#N)C[C@]3(C)[C@H]1CC2. The van der Waals surface area contributed by atoms with Crippen LogP contribution in [-0.4, -0.2) is 0 Å². The Labute approximate surface area is 130 Å². The Morgan fingerprint density at radius 3 is 2.52 bits per heavy atom. The second-order valence-electron chi connectivity index (χ2n) is 9.35. The summed E-state index contributed by atoms with van der Waals surface area (Å²) >= 11 is 0. The van der Waals surface area contributed by atoms with Crippen LogP contribution in [0.5, 0.6) is 0 Å². The standard InChI is InChI=1S/C20H31N/c1-19-10-3-4-17(19)16-8-7-15-6-5-14(13-21)12-20(15,2)18(16)9-11-19/h14-18H,3-12H2,1-2H3/t14?,15?,16-,17-,18-,19-,20-/m0/s1. The third kappa shape index (κ3) is 1.94. The van der Waals surface area contributed by atoms with Crippen molar-refractivity contribution in [3.05, 3.63) is 0 Å². The second kappa shape index (κ2) is 4.74. The van der Waals surface area contributed by atoms with Gasteiger partial charge in [-0.1, -0.05) is 20.3 Å². The maximum atomic E-state index is 9.43. The minimum Gasteiger partial charge on any atom is -0.198 e. The summed E-state index contributed by atoms with van der Waals surface area (Å²) in [6, 6.07) is 2.61. The number of hydrogen-bond donors (Lipinski definition) is 0. The van der Waals surface area contributed by atoms with Crippen LogP contribution in [0.4, 0.5) is 0 Å². The lowest BCUT2D eigenvalue weighted by Crippen LogP contribution is -2.52. The van der Waals surface area contributed by atoms with Gasteiger partial charge < -0.3 is 0 Å². The summed E-state index contributed by atoms with van der Waals surface area (Å²) in [5, 5.41) is 9.43. The van der Waals surface area contributed by atoms with Gasteiger partial charge in [-0.3, -0.25) is 0 Å². The van der Waals surface area contributed by atoms with E-state index in [0.29, 0.717) is 16.7 Å². The van der Waals surface area contributed by atoms with E-state index >= 15 is 0 Å². The third-order valence-electron chi connectivity index (χ3n) is 8.58. The van der Waals surface area contributed by atoms with Crippen LogP contribution in [0.3, 0.4) is 0 Å². The molecule has 4 fully saturated rings. The van der Waals surface area contributed by atoms with Crippen LogP contribution in [0, 0.1) is 51.8 Å². The van der Waals surface area contributed by atoms with Crippen molar-refractivity contribution in [1.29, 1.82) is 5.26 Å². The van der Waals surface area contributed by atoms with E-state index in [1.807, 2.05) is 0 Å². The summed E-state index contributed by atoms with van der Waals surface area (Å²) in [6.07, 6.45) is 14.1. The third-order valence-corrected chi connectivity index (χ3v) is 8.58. The Morgan fingerprint density at radius 1 is 0.905 bits per heavy atom. The number of hydrogen-bond acceptors (Lipinski definition) is 1. The number of nitriles is 1. The molecule has 0 aromatic carbocycles. The fourth-order valence-corrected chi connectivity index (χ4v) is 7.47. The Hall–Kier alpha value is -0.510. The summed E-state index contributed by atoms with van der Waals surface area (Å²) < 4.78 is 0. The van der Waals surface area contributed by atoms with Crippen LogP contribution >= 0.6 is 0 Å². The first-order chi connectivity index (χ1) is 10.1. The van der Waals surface area contributed by atoms with Gasteiger partial charge in [-0.2, -0.15) is 5.26 Å². The van der Waals surface area contributed by atoms with Crippen LogP contribution in [0.2, 0.25) is 0 Å². The molecule has 0 aromatic heterocycles. The first-order valence-electron chi connectivity index (χ1n) is 9.46. The number of nitrogens with zero attached hydrogens (tertiary/aromatic N) is 1. The molecule has 0 aliphatic heterocycles. The van der Waals surface area contributed by atoms with E-state index in [1.54, 1.807) is 0 Å². The minimum atomic E-state index is 0.349. The highest BCUT2D eigenvalue weighted by atomic mass is 14.6. The van der Waals surface area contributed by atoms with E-state index in [0.717, 1.165) is 23.7 Å². The molecule has 21 heavy (non-hydrogen) atoms. The fraction of sp³-hybridized carbons (Fsp3) is 0.950. The number of rotatable bonds is 0. The molecule has 0 saturated heterocycles. The molecule has 1 heteroatoms. The van der Waals surface area contributed by atoms with Gasteiger partial charge in [0, 0.05) is 5.92 Å². The highest BCUT2D eigenvalue weighted by Crippen LogP contribution is 2.66. The average molecular weight is 285 g/mol. The highest BCUT2D eigenvalue weighted by molar-refractivity contribution is 5.08. The van der Waals surface area contributed by atoms with Gasteiger partial charge in [-0.25, -0.2) is 0 Å². The maximum absolute atomic E-state index is 9.43. The monoisotopic (exact) mass is 285 g/mol.